The zero-order valence-electron chi connectivity index (χ0n) is 14.5. The van der Waals surface area contributed by atoms with E-state index in [0.29, 0.717) is 17.9 Å². The highest BCUT2D eigenvalue weighted by atomic mass is 32.2. The number of amides is 2. The summed E-state index contributed by atoms with van der Waals surface area (Å²) >= 11 is 0.900. The van der Waals surface area contributed by atoms with Crippen molar-refractivity contribution in [1.82, 2.24) is 4.90 Å². The third-order valence-corrected chi connectivity index (χ3v) is 4.88. The van der Waals surface area contributed by atoms with Gasteiger partial charge in [-0.25, -0.2) is 4.79 Å². The molecule has 2 aromatic rings. The summed E-state index contributed by atoms with van der Waals surface area (Å²) in [6.07, 6.45) is 0. The van der Waals surface area contributed by atoms with Crippen LogP contribution in [-0.4, -0.2) is 39.1 Å². The molecule has 3 rings (SSSR count). The molecule has 0 bridgehead atoms. The minimum absolute atomic E-state index is 0.0350. The molecule has 1 atom stereocenters. The van der Waals surface area contributed by atoms with Crippen molar-refractivity contribution in [1.29, 1.82) is 0 Å². The molecule has 0 spiro atoms. The molecule has 0 radical (unpaired) electrons. The number of aromatic carboxylic acids is 1. The third-order valence-electron chi connectivity index (χ3n) is 3.91. The van der Waals surface area contributed by atoms with Crippen LogP contribution >= 0.6 is 11.8 Å². The zero-order valence-corrected chi connectivity index (χ0v) is 15.4. The first-order chi connectivity index (χ1) is 13.0. The molecule has 2 N–H and O–H groups in total. The van der Waals surface area contributed by atoms with Crippen LogP contribution in [0, 0.1) is 0 Å². The van der Waals surface area contributed by atoms with Crippen molar-refractivity contribution in [2.24, 2.45) is 0 Å². The number of carboxylic acid groups (broad SMARTS) is 1. The van der Waals surface area contributed by atoms with Crippen LogP contribution in [0.15, 0.2) is 48.5 Å². The standard InChI is InChI=1S/C19H18N2O5S/c1-2-26-15-8-6-14(7-9-15)20-16-17(22)21(19(25)27-16)11-12-4-3-5-13(10-12)18(23)24/h3-10,16,20H,2,11H2,1H3,(H,23,24). The first kappa shape index (κ1) is 18.8. The SMILES string of the molecule is CCOc1ccc(NC2SC(=O)N(Cc3cccc(C(=O)O)c3)C2=O)cc1. The number of anilines is 1. The first-order valence-electron chi connectivity index (χ1n) is 8.31. The molecule has 0 aromatic heterocycles. The van der Waals surface area contributed by atoms with Crippen molar-refractivity contribution in [2.45, 2.75) is 18.8 Å². The van der Waals surface area contributed by atoms with Gasteiger partial charge in [-0.3, -0.25) is 14.5 Å². The summed E-state index contributed by atoms with van der Waals surface area (Å²) in [5, 5.41) is 11.0. The van der Waals surface area contributed by atoms with Crippen LogP contribution in [0.2, 0.25) is 0 Å². The van der Waals surface area contributed by atoms with Crippen molar-refractivity contribution in [3.63, 3.8) is 0 Å². The molecule has 1 heterocycles. The Balaban J connectivity index is 1.67. The van der Waals surface area contributed by atoms with Gasteiger partial charge in [-0.15, -0.1) is 0 Å². The van der Waals surface area contributed by atoms with Crippen molar-refractivity contribution >= 4 is 34.6 Å². The Morgan fingerprint density at radius 1 is 1.22 bits per heavy atom. The monoisotopic (exact) mass is 386 g/mol. The summed E-state index contributed by atoms with van der Waals surface area (Å²) < 4.78 is 5.37. The molecule has 1 saturated heterocycles. The van der Waals surface area contributed by atoms with E-state index in [1.807, 2.05) is 6.92 Å². The summed E-state index contributed by atoms with van der Waals surface area (Å²) in [5.41, 5.74) is 1.40. The molecule has 1 aliphatic rings. The molecule has 1 unspecified atom stereocenters. The van der Waals surface area contributed by atoms with E-state index in [4.69, 9.17) is 9.84 Å². The predicted octanol–water partition coefficient (Wildman–Crippen LogP) is 3.42. The van der Waals surface area contributed by atoms with Crippen LogP contribution in [0.25, 0.3) is 0 Å². The van der Waals surface area contributed by atoms with Crippen LogP contribution in [0.3, 0.4) is 0 Å². The quantitative estimate of drug-likeness (QED) is 0.753. The fraction of sp³-hybridized carbons (Fsp3) is 0.211. The molecule has 1 aliphatic heterocycles. The smallest absolute Gasteiger partial charge is 0.335 e. The number of nitrogens with one attached hydrogen (secondary N) is 1. The number of thioether (sulfide) groups is 1. The van der Waals surface area contributed by atoms with E-state index in [1.54, 1.807) is 36.4 Å². The van der Waals surface area contributed by atoms with Crippen LogP contribution in [0.4, 0.5) is 10.5 Å². The highest BCUT2D eigenvalue weighted by molar-refractivity contribution is 8.15. The topological polar surface area (TPSA) is 95.9 Å². The molecule has 7 nitrogen and oxygen atoms in total. The average Bonchev–Trinajstić information content (AvgIpc) is 2.91. The largest absolute Gasteiger partial charge is 0.494 e. The van der Waals surface area contributed by atoms with Crippen LogP contribution in [-0.2, 0) is 11.3 Å². The van der Waals surface area contributed by atoms with Crippen LogP contribution < -0.4 is 10.1 Å². The van der Waals surface area contributed by atoms with Gasteiger partial charge in [0.25, 0.3) is 11.1 Å². The molecule has 0 aliphatic carbocycles. The first-order valence-corrected chi connectivity index (χ1v) is 9.19. The fourth-order valence-corrected chi connectivity index (χ4v) is 3.54. The predicted molar refractivity (Wildman–Crippen MR) is 102 cm³/mol. The van der Waals surface area contributed by atoms with Gasteiger partial charge in [0.05, 0.1) is 18.7 Å². The van der Waals surface area contributed by atoms with Gasteiger partial charge < -0.3 is 15.2 Å². The van der Waals surface area contributed by atoms with E-state index in [-0.39, 0.29) is 23.3 Å². The Bertz CT molecular complexity index is 869. The summed E-state index contributed by atoms with van der Waals surface area (Å²) in [4.78, 5) is 37.0. The van der Waals surface area contributed by atoms with Gasteiger partial charge in [0.1, 0.15) is 5.75 Å². The number of ether oxygens (including phenoxy) is 1. The molecule has 2 aromatic carbocycles. The highest BCUT2D eigenvalue weighted by Crippen LogP contribution is 2.30. The maximum atomic E-state index is 12.6. The number of carboxylic acids is 1. The second-order valence-corrected chi connectivity index (χ2v) is 6.85. The van der Waals surface area contributed by atoms with Crippen molar-refractivity contribution in [3.8, 4) is 5.75 Å². The summed E-state index contributed by atoms with van der Waals surface area (Å²) in [7, 11) is 0. The summed E-state index contributed by atoms with van der Waals surface area (Å²) in [6.45, 7) is 2.50. The number of imide groups is 1. The summed E-state index contributed by atoms with van der Waals surface area (Å²) in [5.74, 6) is -0.690. The highest BCUT2D eigenvalue weighted by Gasteiger charge is 2.39. The van der Waals surface area contributed by atoms with E-state index in [9.17, 15) is 14.4 Å². The van der Waals surface area contributed by atoms with E-state index < -0.39 is 11.3 Å². The third kappa shape index (κ3) is 4.40. The van der Waals surface area contributed by atoms with Gasteiger partial charge in [0, 0.05) is 5.69 Å². The van der Waals surface area contributed by atoms with Gasteiger partial charge in [-0.2, -0.15) is 0 Å². The second kappa shape index (κ2) is 8.13. The molecular weight excluding hydrogens is 368 g/mol. The zero-order chi connectivity index (χ0) is 19.4. The van der Waals surface area contributed by atoms with E-state index >= 15 is 0 Å². The van der Waals surface area contributed by atoms with Crippen molar-refractivity contribution < 1.29 is 24.2 Å². The van der Waals surface area contributed by atoms with Crippen molar-refractivity contribution in [3.05, 3.63) is 59.7 Å². The maximum absolute atomic E-state index is 12.6. The molecule has 1 fully saturated rings. The maximum Gasteiger partial charge on any atom is 0.335 e. The number of nitrogens with zero attached hydrogens (tertiary/aromatic N) is 1. The minimum atomic E-state index is -1.06. The van der Waals surface area contributed by atoms with Gasteiger partial charge >= 0.3 is 5.97 Å². The molecule has 140 valence electrons. The Morgan fingerprint density at radius 3 is 2.63 bits per heavy atom. The minimum Gasteiger partial charge on any atom is -0.494 e. The van der Waals surface area contributed by atoms with Gasteiger partial charge in [0.2, 0.25) is 0 Å². The number of rotatable bonds is 7. The number of carbonyl (C=O) groups excluding carboxylic acids is 2. The lowest BCUT2D eigenvalue weighted by atomic mass is 10.1. The molecule has 8 heteroatoms. The van der Waals surface area contributed by atoms with Gasteiger partial charge in [-0.1, -0.05) is 12.1 Å². The fourth-order valence-electron chi connectivity index (χ4n) is 2.63. The second-order valence-electron chi connectivity index (χ2n) is 5.80. The van der Waals surface area contributed by atoms with Gasteiger partial charge in [-0.05, 0) is 60.6 Å². The molecule has 2 amide bonds. The summed E-state index contributed by atoms with van der Waals surface area (Å²) in [6, 6.07) is 13.3. The van der Waals surface area contributed by atoms with E-state index in [2.05, 4.69) is 5.32 Å². The van der Waals surface area contributed by atoms with E-state index in [0.717, 1.165) is 22.4 Å². The Hall–Kier alpha value is -3.00. The molecular formula is C19H18N2O5S. The number of carbonyl (C=O) groups is 3. The van der Waals surface area contributed by atoms with Gasteiger partial charge in [0.15, 0.2) is 5.37 Å². The normalized spacial score (nSPS) is 16.5. The number of hydrogen-bond acceptors (Lipinski definition) is 6. The number of benzene rings is 2. The average molecular weight is 386 g/mol. The van der Waals surface area contributed by atoms with Crippen LogP contribution in [0.5, 0.6) is 5.75 Å². The lowest BCUT2D eigenvalue weighted by molar-refractivity contribution is -0.126. The Morgan fingerprint density at radius 2 is 1.96 bits per heavy atom. The van der Waals surface area contributed by atoms with E-state index in [1.165, 1.54) is 12.1 Å². The molecule has 27 heavy (non-hydrogen) atoms. The lowest BCUT2D eigenvalue weighted by Crippen LogP contribution is -2.33. The lowest BCUT2D eigenvalue weighted by Gasteiger charge is -2.15. The number of hydrogen-bond donors (Lipinski definition) is 2. The molecule has 0 saturated carbocycles. The van der Waals surface area contributed by atoms with Crippen molar-refractivity contribution in [2.75, 3.05) is 11.9 Å². The van der Waals surface area contributed by atoms with Crippen LogP contribution in [0.1, 0.15) is 22.8 Å². The Kier molecular flexibility index (Phi) is 5.66. The Labute approximate surface area is 160 Å².